The number of likely N-dealkylation sites (N-methyl/N-ethyl adjacent to an activating group) is 1. The van der Waals surface area contributed by atoms with E-state index in [-0.39, 0.29) is 31.3 Å². The molecule has 0 bridgehead atoms. The molecule has 0 aliphatic carbocycles. The number of benzene rings is 1. The minimum absolute atomic E-state index is 0.0168. The van der Waals surface area contributed by atoms with Gasteiger partial charge in [0, 0.05) is 37.0 Å². The van der Waals surface area contributed by atoms with Crippen molar-refractivity contribution in [2.45, 2.75) is 53.5 Å². The first kappa shape index (κ1) is 31.6. The van der Waals surface area contributed by atoms with Gasteiger partial charge in [-0.15, -0.1) is 5.10 Å². The average molecular weight is 616 g/mol. The molecule has 1 aliphatic heterocycles. The molecule has 1 atom stereocenters. The Hall–Kier alpha value is -4.78. The number of amides is 1. The summed E-state index contributed by atoms with van der Waals surface area (Å²) in [6.45, 7) is 9.57. The molecule has 2 N–H and O–H groups in total. The normalized spacial score (nSPS) is 15.4. The molecule has 45 heavy (non-hydrogen) atoms. The van der Waals surface area contributed by atoms with Gasteiger partial charge >= 0.3 is 5.97 Å². The standard InChI is InChI=1S/C32H41N9O4/c1-21-27(22-9-11-25(12-10-22)44-18-24-16-36-37-40(24)20-45-31(43)32(2,3)4)28-29(33)34-19-35-30(28)41(21)23-13-15-39(17-23)26(42)8-7-14-38(5)6/h7-12,16,19,23H,13-15,17-18,20H2,1-6H3,(H2,33,34,35). The summed E-state index contributed by atoms with van der Waals surface area (Å²) in [6.07, 6.45) is 7.43. The number of aromatic nitrogens is 6. The van der Waals surface area contributed by atoms with Crippen LogP contribution in [-0.2, 0) is 27.7 Å². The van der Waals surface area contributed by atoms with E-state index in [1.165, 1.54) is 11.0 Å². The summed E-state index contributed by atoms with van der Waals surface area (Å²) in [7, 11) is 3.94. The van der Waals surface area contributed by atoms with E-state index in [0.29, 0.717) is 36.9 Å². The predicted molar refractivity (Wildman–Crippen MR) is 170 cm³/mol. The summed E-state index contributed by atoms with van der Waals surface area (Å²) in [5, 5.41) is 8.73. The second-order valence-electron chi connectivity index (χ2n) is 12.5. The van der Waals surface area contributed by atoms with E-state index in [2.05, 4.69) is 31.8 Å². The number of nitrogen functional groups attached to an aromatic ring is 1. The summed E-state index contributed by atoms with van der Waals surface area (Å²) in [5.74, 6) is 0.747. The third-order valence-corrected chi connectivity index (χ3v) is 7.79. The number of carbonyl (C=O) groups excluding carboxylic acids is 2. The number of esters is 1. The number of likely N-dealkylation sites (tertiary alicyclic amines) is 1. The number of hydrogen-bond acceptors (Lipinski definition) is 10. The highest BCUT2D eigenvalue weighted by molar-refractivity contribution is 6.02. The highest BCUT2D eigenvalue weighted by atomic mass is 16.5. The van der Waals surface area contributed by atoms with Crippen molar-refractivity contribution in [1.82, 2.24) is 39.3 Å². The van der Waals surface area contributed by atoms with Crippen LogP contribution in [0.5, 0.6) is 5.75 Å². The number of hydrogen-bond donors (Lipinski definition) is 1. The van der Waals surface area contributed by atoms with Crippen molar-refractivity contribution in [3.8, 4) is 16.9 Å². The van der Waals surface area contributed by atoms with Gasteiger partial charge in [0.15, 0.2) is 6.73 Å². The van der Waals surface area contributed by atoms with E-state index < -0.39 is 5.41 Å². The first-order valence-electron chi connectivity index (χ1n) is 14.9. The minimum atomic E-state index is -0.611. The highest BCUT2D eigenvalue weighted by Gasteiger charge is 2.31. The van der Waals surface area contributed by atoms with E-state index in [0.717, 1.165) is 34.3 Å². The first-order chi connectivity index (χ1) is 21.4. The van der Waals surface area contributed by atoms with Crippen molar-refractivity contribution in [3.63, 3.8) is 0 Å². The van der Waals surface area contributed by atoms with Crippen LogP contribution in [0.1, 0.15) is 44.6 Å². The number of ether oxygens (including phenoxy) is 2. The summed E-state index contributed by atoms with van der Waals surface area (Å²) in [6, 6.07) is 7.80. The SMILES string of the molecule is Cc1c(-c2ccc(OCc3cnnn3COC(=O)C(C)(C)C)cc2)c2c(N)ncnc2n1C1CCN(C(=O)C=CCN(C)C)C1. The van der Waals surface area contributed by atoms with Crippen LogP contribution in [0.25, 0.3) is 22.2 Å². The Labute approximate surface area is 262 Å². The van der Waals surface area contributed by atoms with Gasteiger partial charge in [-0.05, 0) is 65.9 Å². The summed E-state index contributed by atoms with van der Waals surface area (Å²) in [4.78, 5) is 37.8. The molecule has 1 fully saturated rings. The van der Waals surface area contributed by atoms with E-state index in [1.54, 1.807) is 33.0 Å². The van der Waals surface area contributed by atoms with Crippen LogP contribution in [0.15, 0.2) is 48.9 Å². The molecule has 13 heteroatoms. The average Bonchev–Trinajstić information content (AvgIpc) is 3.72. The Kier molecular flexibility index (Phi) is 9.19. The monoisotopic (exact) mass is 615 g/mol. The van der Waals surface area contributed by atoms with E-state index in [4.69, 9.17) is 15.2 Å². The number of fused-ring (bicyclic) bond motifs is 1. The smallest absolute Gasteiger partial charge is 0.313 e. The molecule has 5 rings (SSSR count). The van der Waals surface area contributed by atoms with Gasteiger partial charge in [0.05, 0.1) is 28.7 Å². The van der Waals surface area contributed by atoms with Crippen molar-refractivity contribution in [3.05, 3.63) is 60.3 Å². The fraction of sp³-hybridized carbons (Fsp3) is 0.438. The van der Waals surface area contributed by atoms with Crippen LogP contribution in [0.3, 0.4) is 0 Å². The molecule has 3 aromatic heterocycles. The molecule has 1 saturated heterocycles. The fourth-order valence-electron chi connectivity index (χ4n) is 5.41. The van der Waals surface area contributed by atoms with Gasteiger partial charge in [-0.1, -0.05) is 23.4 Å². The molecule has 0 saturated carbocycles. The lowest BCUT2D eigenvalue weighted by Gasteiger charge is -2.18. The van der Waals surface area contributed by atoms with Gasteiger partial charge < -0.3 is 29.6 Å². The van der Waals surface area contributed by atoms with Gasteiger partial charge in [0.2, 0.25) is 5.91 Å². The van der Waals surface area contributed by atoms with Crippen molar-refractivity contribution in [2.24, 2.45) is 5.41 Å². The van der Waals surface area contributed by atoms with Crippen LogP contribution in [0.2, 0.25) is 0 Å². The van der Waals surface area contributed by atoms with Crippen LogP contribution >= 0.6 is 0 Å². The predicted octanol–water partition coefficient (Wildman–Crippen LogP) is 3.60. The first-order valence-corrected chi connectivity index (χ1v) is 14.9. The number of nitrogens with two attached hydrogens (primary N) is 1. The van der Waals surface area contributed by atoms with Crippen molar-refractivity contribution in [1.29, 1.82) is 0 Å². The molecule has 4 aromatic rings. The van der Waals surface area contributed by atoms with Crippen LogP contribution in [0.4, 0.5) is 5.82 Å². The Morgan fingerprint density at radius 2 is 1.91 bits per heavy atom. The molecule has 4 heterocycles. The Bertz CT molecular complexity index is 1700. The summed E-state index contributed by atoms with van der Waals surface area (Å²) >= 11 is 0. The maximum Gasteiger partial charge on any atom is 0.313 e. The zero-order valence-electron chi connectivity index (χ0n) is 26.7. The molecule has 13 nitrogen and oxygen atoms in total. The quantitative estimate of drug-likeness (QED) is 0.207. The van der Waals surface area contributed by atoms with Crippen molar-refractivity contribution >= 4 is 28.7 Å². The molecule has 1 amide bonds. The minimum Gasteiger partial charge on any atom is -0.487 e. The van der Waals surface area contributed by atoms with E-state index >= 15 is 0 Å². The lowest BCUT2D eigenvalue weighted by atomic mass is 9.98. The largest absolute Gasteiger partial charge is 0.487 e. The molecular formula is C32H41N9O4. The van der Waals surface area contributed by atoms with Crippen molar-refractivity contribution < 1.29 is 19.1 Å². The van der Waals surface area contributed by atoms with Gasteiger partial charge in [-0.2, -0.15) is 0 Å². The summed E-state index contributed by atoms with van der Waals surface area (Å²) < 4.78 is 15.1. The van der Waals surface area contributed by atoms with E-state index in [9.17, 15) is 9.59 Å². The molecule has 0 radical (unpaired) electrons. The van der Waals surface area contributed by atoms with Crippen LogP contribution < -0.4 is 10.5 Å². The molecule has 1 unspecified atom stereocenters. The van der Waals surface area contributed by atoms with Gasteiger partial charge in [0.1, 0.15) is 30.1 Å². The third-order valence-electron chi connectivity index (χ3n) is 7.79. The lowest BCUT2D eigenvalue weighted by molar-refractivity contribution is -0.157. The Morgan fingerprint density at radius 1 is 1.16 bits per heavy atom. The molecule has 1 aliphatic rings. The Morgan fingerprint density at radius 3 is 2.62 bits per heavy atom. The van der Waals surface area contributed by atoms with E-state index in [1.807, 2.05) is 54.2 Å². The second-order valence-corrected chi connectivity index (χ2v) is 12.5. The Balaban J connectivity index is 1.32. The maximum atomic E-state index is 12.8. The fourth-order valence-corrected chi connectivity index (χ4v) is 5.41. The molecule has 238 valence electrons. The number of carbonyl (C=O) groups is 2. The number of nitrogens with zero attached hydrogens (tertiary/aromatic N) is 8. The number of rotatable bonds is 10. The number of anilines is 1. The van der Waals surface area contributed by atoms with Gasteiger partial charge in [-0.25, -0.2) is 14.6 Å². The van der Waals surface area contributed by atoms with Gasteiger partial charge in [-0.3, -0.25) is 9.59 Å². The zero-order valence-corrected chi connectivity index (χ0v) is 26.7. The molecular weight excluding hydrogens is 574 g/mol. The third kappa shape index (κ3) is 6.98. The molecule has 1 aromatic carbocycles. The highest BCUT2D eigenvalue weighted by Crippen LogP contribution is 2.40. The van der Waals surface area contributed by atoms with Gasteiger partial charge in [0.25, 0.3) is 0 Å². The van der Waals surface area contributed by atoms with Crippen LogP contribution in [-0.4, -0.2) is 84.9 Å². The topological polar surface area (TPSA) is 147 Å². The van der Waals surface area contributed by atoms with Crippen LogP contribution in [0, 0.1) is 12.3 Å². The summed E-state index contributed by atoms with van der Waals surface area (Å²) in [5.41, 5.74) is 10.2. The van der Waals surface area contributed by atoms with Crippen molar-refractivity contribution in [2.75, 3.05) is 39.5 Å². The second kappa shape index (κ2) is 13.1. The maximum absolute atomic E-state index is 12.8. The lowest BCUT2D eigenvalue weighted by Crippen LogP contribution is -2.27. The molecule has 0 spiro atoms. The zero-order chi connectivity index (χ0) is 32.3.